The maximum Gasteiger partial charge on any atom is 0.128 e. The van der Waals surface area contributed by atoms with Crippen molar-refractivity contribution >= 4 is 0 Å². The Labute approximate surface area is 87.4 Å². The van der Waals surface area contributed by atoms with Crippen LogP contribution in [-0.4, -0.2) is 9.55 Å². The molecule has 1 aromatic heterocycles. The van der Waals surface area contributed by atoms with Gasteiger partial charge in [0.2, 0.25) is 0 Å². The van der Waals surface area contributed by atoms with E-state index >= 15 is 0 Å². The molecule has 2 aromatic rings. The highest BCUT2D eigenvalue weighted by atomic mass is 19.1. The lowest BCUT2D eigenvalue weighted by Gasteiger charge is -2.06. The summed E-state index contributed by atoms with van der Waals surface area (Å²) < 4.78 is 15.2. The predicted molar refractivity (Wildman–Crippen MR) is 55.6 cm³/mol. The van der Waals surface area contributed by atoms with Crippen LogP contribution in [0.2, 0.25) is 0 Å². The van der Waals surface area contributed by atoms with Gasteiger partial charge in [-0.05, 0) is 6.07 Å². The third-order valence-electron chi connectivity index (χ3n) is 2.28. The van der Waals surface area contributed by atoms with E-state index in [0.717, 1.165) is 5.82 Å². The molecule has 0 atom stereocenters. The molecule has 0 unspecified atom stereocenters. The van der Waals surface area contributed by atoms with E-state index < -0.39 is 0 Å². The van der Waals surface area contributed by atoms with E-state index in [1.807, 2.05) is 10.6 Å². The van der Waals surface area contributed by atoms with Crippen LogP contribution in [0.4, 0.5) is 4.39 Å². The molecule has 1 aromatic carbocycles. The Morgan fingerprint density at radius 1 is 1.33 bits per heavy atom. The molecule has 0 saturated carbocycles. The zero-order valence-electron chi connectivity index (χ0n) is 8.23. The standard InChI is InChI=1S/C11H12FN3/c12-10-4-2-1-3-9(10)8-15-6-5-14-11(15)7-13/h1-6H,7-8,13H2. The smallest absolute Gasteiger partial charge is 0.128 e. The van der Waals surface area contributed by atoms with Crippen LogP contribution in [0.3, 0.4) is 0 Å². The van der Waals surface area contributed by atoms with Crippen molar-refractivity contribution in [1.29, 1.82) is 0 Å². The summed E-state index contributed by atoms with van der Waals surface area (Å²) in [6.45, 7) is 0.834. The summed E-state index contributed by atoms with van der Waals surface area (Å²) in [5, 5.41) is 0. The van der Waals surface area contributed by atoms with Crippen molar-refractivity contribution in [3.8, 4) is 0 Å². The minimum atomic E-state index is -0.200. The molecule has 2 N–H and O–H groups in total. The Balaban J connectivity index is 2.26. The maximum absolute atomic E-state index is 13.4. The quantitative estimate of drug-likeness (QED) is 0.825. The summed E-state index contributed by atoms with van der Waals surface area (Å²) in [4.78, 5) is 4.08. The van der Waals surface area contributed by atoms with Gasteiger partial charge in [0.05, 0.1) is 13.1 Å². The average Bonchev–Trinajstić information content (AvgIpc) is 2.69. The zero-order valence-corrected chi connectivity index (χ0v) is 8.23. The average molecular weight is 205 g/mol. The van der Waals surface area contributed by atoms with Crippen molar-refractivity contribution in [2.75, 3.05) is 0 Å². The molecule has 0 aliphatic heterocycles. The monoisotopic (exact) mass is 205 g/mol. The van der Waals surface area contributed by atoms with Crippen molar-refractivity contribution < 1.29 is 4.39 Å². The van der Waals surface area contributed by atoms with Crippen molar-refractivity contribution in [2.45, 2.75) is 13.1 Å². The van der Waals surface area contributed by atoms with Gasteiger partial charge < -0.3 is 10.3 Å². The summed E-state index contributed by atoms with van der Waals surface area (Å²) in [7, 11) is 0. The summed E-state index contributed by atoms with van der Waals surface area (Å²) in [6.07, 6.45) is 3.47. The highest BCUT2D eigenvalue weighted by molar-refractivity contribution is 5.18. The molecule has 0 aliphatic carbocycles. The van der Waals surface area contributed by atoms with E-state index in [-0.39, 0.29) is 5.82 Å². The molecule has 4 heteroatoms. The van der Waals surface area contributed by atoms with E-state index in [0.29, 0.717) is 18.7 Å². The highest BCUT2D eigenvalue weighted by Crippen LogP contribution is 2.09. The van der Waals surface area contributed by atoms with E-state index in [1.54, 1.807) is 24.5 Å². The number of rotatable bonds is 3. The molecule has 0 fully saturated rings. The molecule has 3 nitrogen and oxygen atoms in total. The van der Waals surface area contributed by atoms with Crippen molar-refractivity contribution in [1.82, 2.24) is 9.55 Å². The summed E-state index contributed by atoms with van der Waals surface area (Å²) >= 11 is 0. The van der Waals surface area contributed by atoms with E-state index in [4.69, 9.17) is 5.73 Å². The highest BCUT2D eigenvalue weighted by Gasteiger charge is 2.04. The maximum atomic E-state index is 13.4. The Kier molecular flexibility index (Phi) is 2.78. The molecule has 0 spiro atoms. The van der Waals surface area contributed by atoms with Crippen LogP contribution in [0.25, 0.3) is 0 Å². The largest absolute Gasteiger partial charge is 0.329 e. The number of nitrogens with zero attached hydrogens (tertiary/aromatic N) is 2. The van der Waals surface area contributed by atoms with Gasteiger partial charge in [-0.15, -0.1) is 0 Å². The second kappa shape index (κ2) is 4.23. The second-order valence-corrected chi connectivity index (χ2v) is 3.27. The number of halogens is 1. The summed E-state index contributed by atoms with van der Waals surface area (Å²) in [6, 6.07) is 6.71. The minimum absolute atomic E-state index is 0.200. The van der Waals surface area contributed by atoms with Gasteiger partial charge in [-0.25, -0.2) is 9.37 Å². The molecule has 0 radical (unpaired) electrons. The summed E-state index contributed by atoms with van der Waals surface area (Å²) in [5.74, 6) is 0.562. The first kappa shape index (κ1) is 9.86. The minimum Gasteiger partial charge on any atom is -0.329 e. The third-order valence-corrected chi connectivity index (χ3v) is 2.28. The van der Waals surface area contributed by atoms with Gasteiger partial charge in [-0.3, -0.25) is 0 Å². The first-order valence-electron chi connectivity index (χ1n) is 4.74. The number of aromatic nitrogens is 2. The fourth-order valence-electron chi connectivity index (χ4n) is 1.48. The van der Waals surface area contributed by atoms with Crippen LogP contribution >= 0.6 is 0 Å². The van der Waals surface area contributed by atoms with Gasteiger partial charge in [-0.2, -0.15) is 0 Å². The van der Waals surface area contributed by atoms with E-state index in [9.17, 15) is 4.39 Å². The lowest BCUT2D eigenvalue weighted by atomic mass is 10.2. The topological polar surface area (TPSA) is 43.8 Å². The number of nitrogens with two attached hydrogens (primary N) is 1. The number of benzene rings is 1. The molecular weight excluding hydrogens is 193 g/mol. The van der Waals surface area contributed by atoms with E-state index in [2.05, 4.69) is 4.98 Å². The lowest BCUT2D eigenvalue weighted by Crippen LogP contribution is -2.09. The number of hydrogen-bond donors (Lipinski definition) is 1. The lowest BCUT2D eigenvalue weighted by molar-refractivity contribution is 0.594. The molecule has 2 rings (SSSR count). The van der Waals surface area contributed by atoms with Crippen molar-refractivity contribution in [3.05, 3.63) is 53.9 Å². The van der Waals surface area contributed by atoms with Gasteiger partial charge in [0.1, 0.15) is 11.6 Å². The molecule has 0 amide bonds. The SMILES string of the molecule is NCc1nccn1Cc1ccccc1F. The third kappa shape index (κ3) is 2.05. The van der Waals surface area contributed by atoms with Gasteiger partial charge in [-0.1, -0.05) is 18.2 Å². The first-order valence-corrected chi connectivity index (χ1v) is 4.74. The molecule has 0 saturated heterocycles. The Morgan fingerprint density at radius 2 is 2.13 bits per heavy atom. The first-order chi connectivity index (χ1) is 7.31. The number of hydrogen-bond acceptors (Lipinski definition) is 2. The van der Waals surface area contributed by atoms with Crippen LogP contribution in [0.5, 0.6) is 0 Å². The molecule has 15 heavy (non-hydrogen) atoms. The molecule has 78 valence electrons. The molecular formula is C11H12FN3. The van der Waals surface area contributed by atoms with Gasteiger partial charge in [0, 0.05) is 18.0 Å². The fourth-order valence-corrected chi connectivity index (χ4v) is 1.48. The van der Waals surface area contributed by atoms with Gasteiger partial charge >= 0.3 is 0 Å². The summed E-state index contributed by atoms with van der Waals surface area (Å²) in [5.41, 5.74) is 6.15. The molecule has 0 aliphatic rings. The fraction of sp³-hybridized carbons (Fsp3) is 0.182. The van der Waals surface area contributed by atoms with Crippen LogP contribution in [0, 0.1) is 5.82 Å². The number of imidazole rings is 1. The van der Waals surface area contributed by atoms with Crippen LogP contribution in [-0.2, 0) is 13.1 Å². The van der Waals surface area contributed by atoms with Crippen molar-refractivity contribution in [3.63, 3.8) is 0 Å². The Morgan fingerprint density at radius 3 is 2.87 bits per heavy atom. The normalized spacial score (nSPS) is 10.5. The van der Waals surface area contributed by atoms with Crippen LogP contribution in [0.15, 0.2) is 36.7 Å². The van der Waals surface area contributed by atoms with Crippen LogP contribution in [0.1, 0.15) is 11.4 Å². The molecule has 0 bridgehead atoms. The zero-order chi connectivity index (χ0) is 10.7. The Hall–Kier alpha value is -1.68. The van der Waals surface area contributed by atoms with Gasteiger partial charge in [0.15, 0.2) is 0 Å². The molecule has 1 heterocycles. The van der Waals surface area contributed by atoms with E-state index in [1.165, 1.54) is 6.07 Å². The predicted octanol–water partition coefficient (Wildman–Crippen LogP) is 1.53. The second-order valence-electron chi connectivity index (χ2n) is 3.27. The van der Waals surface area contributed by atoms with Crippen LogP contribution < -0.4 is 5.73 Å². The van der Waals surface area contributed by atoms with Crippen molar-refractivity contribution in [2.24, 2.45) is 5.73 Å². The van der Waals surface area contributed by atoms with Gasteiger partial charge in [0.25, 0.3) is 0 Å². The Bertz CT molecular complexity index is 451.